The minimum Gasteiger partial charge on any atom is -0.497 e. The van der Waals surface area contributed by atoms with E-state index in [-0.39, 0.29) is 5.84 Å². The van der Waals surface area contributed by atoms with Crippen LogP contribution in [-0.4, -0.2) is 38.5 Å². The average molecular weight is 268 g/mol. The van der Waals surface area contributed by atoms with E-state index >= 15 is 0 Å². The molecule has 0 saturated heterocycles. The Bertz CT molecular complexity index is 421. The molecule has 1 aromatic carbocycles. The molecule has 0 heterocycles. The zero-order chi connectivity index (χ0) is 14.1. The molecule has 0 aliphatic heterocycles. The first-order valence-corrected chi connectivity index (χ1v) is 6.00. The third-order valence-corrected chi connectivity index (χ3v) is 2.53. The van der Waals surface area contributed by atoms with Crippen molar-refractivity contribution in [2.45, 2.75) is 12.8 Å². The van der Waals surface area contributed by atoms with Gasteiger partial charge in [0.05, 0.1) is 13.7 Å². The highest BCUT2D eigenvalue weighted by atomic mass is 16.5. The maximum absolute atomic E-state index is 8.68. The van der Waals surface area contributed by atoms with Crippen molar-refractivity contribution >= 4 is 5.84 Å². The molecule has 0 atom stereocenters. The normalized spacial score (nSPS) is 11.4. The van der Waals surface area contributed by atoms with E-state index in [1.807, 2.05) is 0 Å². The molecule has 1 rings (SSSR count). The third kappa shape index (κ3) is 5.05. The molecule has 0 bridgehead atoms. The Kier molecular flexibility index (Phi) is 6.52. The van der Waals surface area contributed by atoms with Crippen LogP contribution < -0.4 is 15.2 Å². The van der Waals surface area contributed by atoms with Crippen LogP contribution in [0.5, 0.6) is 11.5 Å². The van der Waals surface area contributed by atoms with Gasteiger partial charge in [-0.1, -0.05) is 5.16 Å². The lowest BCUT2D eigenvalue weighted by Crippen LogP contribution is -2.13. The van der Waals surface area contributed by atoms with Crippen molar-refractivity contribution in [3.05, 3.63) is 23.8 Å². The van der Waals surface area contributed by atoms with Crippen LogP contribution in [0, 0.1) is 0 Å². The van der Waals surface area contributed by atoms with Gasteiger partial charge in [-0.05, 0) is 25.0 Å². The Morgan fingerprint density at radius 1 is 1.16 bits per heavy atom. The Hall–Kier alpha value is -1.95. The van der Waals surface area contributed by atoms with Gasteiger partial charge in [0, 0.05) is 25.3 Å². The number of hydrogen-bond acceptors (Lipinski definition) is 5. The molecule has 0 radical (unpaired) electrons. The zero-order valence-electron chi connectivity index (χ0n) is 11.3. The van der Waals surface area contributed by atoms with Gasteiger partial charge in [-0.2, -0.15) is 0 Å². The first-order valence-electron chi connectivity index (χ1n) is 6.00. The van der Waals surface area contributed by atoms with E-state index in [1.165, 1.54) is 0 Å². The molecule has 0 aliphatic carbocycles. The van der Waals surface area contributed by atoms with Gasteiger partial charge < -0.3 is 25.2 Å². The molecule has 106 valence electrons. The van der Waals surface area contributed by atoms with Gasteiger partial charge >= 0.3 is 0 Å². The molecule has 0 aromatic heterocycles. The number of hydrogen-bond donors (Lipinski definition) is 2. The molecule has 0 spiro atoms. The second-order valence-electron chi connectivity index (χ2n) is 3.93. The second kappa shape index (κ2) is 8.20. The second-order valence-corrected chi connectivity index (χ2v) is 3.93. The topological polar surface area (TPSA) is 86.3 Å². The number of benzene rings is 1. The molecule has 0 unspecified atom stereocenters. The van der Waals surface area contributed by atoms with Gasteiger partial charge in [-0.3, -0.25) is 0 Å². The van der Waals surface area contributed by atoms with Gasteiger partial charge in [-0.15, -0.1) is 0 Å². The van der Waals surface area contributed by atoms with Gasteiger partial charge in [0.2, 0.25) is 0 Å². The third-order valence-electron chi connectivity index (χ3n) is 2.53. The Morgan fingerprint density at radius 3 is 2.47 bits per heavy atom. The molecular formula is C13H20N2O4. The molecular weight excluding hydrogens is 248 g/mol. The van der Waals surface area contributed by atoms with Crippen molar-refractivity contribution in [1.29, 1.82) is 0 Å². The van der Waals surface area contributed by atoms with Crippen molar-refractivity contribution in [2.75, 3.05) is 27.4 Å². The number of methoxy groups -OCH3 is 2. The SMILES string of the molecule is COCCCCOc1cc(OC)cc(/C(N)=N/O)c1. The highest BCUT2D eigenvalue weighted by Crippen LogP contribution is 2.22. The summed E-state index contributed by atoms with van der Waals surface area (Å²) in [6.07, 6.45) is 1.83. The fraction of sp³-hybridized carbons (Fsp3) is 0.462. The standard InChI is InChI=1S/C13H20N2O4/c1-17-5-3-4-6-19-12-8-10(13(14)15-16)7-11(9-12)18-2/h7-9,16H,3-6H2,1-2H3,(H2,14,15). The summed E-state index contributed by atoms with van der Waals surface area (Å²) in [7, 11) is 3.22. The highest BCUT2D eigenvalue weighted by molar-refractivity contribution is 5.97. The average Bonchev–Trinajstić information content (AvgIpc) is 2.45. The van der Waals surface area contributed by atoms with Crippen molar-refractivity contribution < 1.29 is 19.4 Å². The van der Waals surface area contributed by atoms with E-state index in [9.17, 15) is 0 Å². The Balaban J connectivity index is 2.66. The molecule has 6 heteroatoms. The Morgan fingerprint density at radius 2 is 1.84 bits per heavy atom. The maximum atomic E-state index is 8.68. The lowest BCUT2D eigenvalue weighted by atomic mass is 10.2. The molecule has 19 heavy (non-hydrogen) atoms. The number of rotatable bonds is 8. The van der Waals surface area contributed by atoms with E-state index in [4.69, 9.17) is 25.2 Å². The summed E-state index contributed by atoms with van der Waals surface area (Å²) >= 11 is 0. The number of ether oxygens (including phenoxy) is 3. The molecule has 3 N–H and O–H groups in total. The van der Waals surface area contributed by atoms with Crippen LogP contribution in [0.15, 0.2) is 23.4 Å². The van der Waals surface area contributed by atoms with Crippen LogP contribution >= 0.6 is 0 Å². The van der Waals surface area contributed by atoms with Crippen LogP contribution in [-0.2, 0) is 4.74 Å². The summed E-state index contributed by atoms with van der Waals surface area (Å²) in [5, 5.41) is 11.6. The predicted octanol–water partition coefficient (Wildman–Crippen LogP) is 1.60. The lowest BCUT2D eigenvalue weighted by Gasteiger charge is -2.10. The molecule has 1 aromatic rings. The number of nitrogens with zero attached hydrogens (tertiary/aromatic N) is 1. The molecule has 0 aliphatic rings. The van der Waals surface area contributed by atoms with Crippen LogP contribution in [0.1, 0.15) is 18.4 Å². The number of unbranched alkanes of at least 4 members (excludes halogenated alkanes) is 1. The van der Waals surface area contributed by atoms with Gasteiger partial charge in [0.1, 0.15) is 11.5 Å². The molecule has 0 saturated carbocycles. The quantitative estimate of drug-likeness (QED) is 0.246. The van der Waals surface area contributed by atoms with Gasteiger partial charge in [0.25, 0.3) is 0 Å². The van der Waals surface area contributed by atoms with Gasteiger partial charge in [0.15, 0.2) is 5.84 Å². The first-order chi connectivity index (χ1) is 9.21. The van der Waals surface area contributed by atoms with Crippen LogP contribution in [0.3, 0.4) is 0 Å². The van der Waals surface area contributed by atoms with E-state index < -0.39 is 0 Å². The largest absolute Gasteiger partial charge is 0.497 e. The Labute approximate surface area is 112 Å². The summed E-state index contributed by atoms with van der Waals surface area (Å²) in [6.45, 7) is 1.29. The maximum Gasteiger partial charge on any atom is 0.170 e. The highest BCUT2D eigenvalue weighted by Gasteiger charge is 2.06. The van der Waals surface area contributed by atoms with Crippen LogP contribution in [0.2, 0.25) is 0 Å². The van der Waals surface area contributed by atoms with Crippen molar-refractivity contribution in [1.82, 2.24) is 0 Å². The fourth-order valence-electron chi connectivity index (χ4n) is 1.52. The zero-order valence-corrected chi connectivity index (χ0v) is 11.3. The molecule has 6 nitrogen and oxygen atoms in total. The summed E-state index contributed by atoms with van der Waals surface area (Å²) in [6, 6.07) is 5.13. The van der Waals surface area contributed by atoms with Crippen molar-refractivity contribution in [3.8, 4) is 11.5 Å². The van der Waals surface area contributed by atoms with E-state index in [1.54, 1.807) is 32.4 Å². The summed E-state index contributed by atoms with van der Waals surface area (Å²) in [5.41, 5.74) is 6.10. The van der Waals surface area contributed by atoms with Crippen LogP contribution in [0.25, 0.3) is 0 Å². The van der Waals surface area contributed by atoms with E-state index in [2.05, 4.69) is 5.16 Å². The number of amidine groups is 1. The lowest BCUT2D eigenvalue weighted by molar-refractivity contribution is 0.184. The minimum atomic E-state index is 0.0168. The monoisotopic (exact) mass is 268 g/mol. The van der Waals surface area contributed by atoms with E-state index in [0.29, 0.717) is 23.7 Å². The summed E-state index contributed by atoms with van der Waals surface area (Å²) in [5.74, 6) is 1.23. The van der Waals surface area contributed by atoms with Crippen molar-refractivity contribution in [2.24, 2.45) is 10.9 Å². The summed E-state index contributed by atoms with van der Waals surface area (Å²) < 4.78 is 15.7. The smallest absolute Gasteiger partial charge is 0.170 e. The number of nitrogens with two attached hydrogens (primary N) is 1. The first kappa shape index (κ1) is 15.1. The van der Waals surface area contributed by atoms with Gasteiger partial charge in [-0.25, -0.2) is 0 Å². The van der Waals surface area contributed by atoms with Crippen molar-refractivity contribution in [3.63, 3.8) is 0 Å². The van der Waals surface area contributed by atoms with E-state index in [0.717, 1.165) is 19.4 Å². The minimum absolute atomic E-state index is 0.0168. The predicted molar refractivity (Wildman–Crippen MR) is 72.1 cm³/mol. The molecule has 0 fully saturated rings. The summed E-state index contributed by atoms with van der Waals surface area (Å²) in [4.78, 5) is 0. The molecule has 0 amide bonds. The number of oxime groups is 1. The van der Waals surface area contributed by atoms with Crippen LogP contribution in [0.4, 0.5) is 0 Å². The fourth-order valence-corrected chi connectivity index (χ4v) is 1.52.